The number of benzene rings is 1. The molecule has 0 saturated heterocycles. The summed E-state index contributed by atoms with van der Waals surface area (Å²) in [5.74, 6) is -1.26. The normalized spacial score (nSPS) is 11.0. The first-order valence-corrected chi connectivity index (χ1v) is 7.52. The van der Waals surface area contributed by atoms with Gasteiger partial charge in [0.05, 0.1) is 17.6 Å². The van der Waals surface area contributed by atoms with Gasteiger partial charge in [-0.25, -0.2) is 33.7 Å². The topological polar surface area (TPSA) is 107 Å². The Bertz CT molecular complexity index is 1120. The molecular formula is C16H12F2N8. The Labute approximate surface area is 145 Å². The van der Waals surface area contributed by atoms with E-state index in [4.69, 9.17) is 5.73 Å². The zero-order valence-corrected chi connectivity index (χ0v) is 13.5. The van der Waals surface area contributed by atoms with Crippen LogP contribution < -0.4 is 11.1 Å². The second kappa shape index (κ2) is 5.99. The minimum absolute atomic E-state index is 0.124. The predicted molar refractivity (Wildman–Crippen MR) is 91.0 cm³/mol. The summed E-state index contributed by atoms with van der Waals surface area (Å²) in [7, 11) is 0. The number of nitrogen functional groups attached to an aromatic ring is 1. The van der Waals surface area contributed by atoms with Crippen molar-refractivity contribution < 1.29 is 8.78 Å². The van der Waals surface area contributed by atoms with E-state index in [1.54, 1.807) is 17.1 Å². The van der Waals surface area contributed by atoms with E-state index in [0.29, 0.717) is 17.0 Å². The van der Waals surface area contributed by atoms with Crippen LogP contribution in [0.15, 0.2) is 37.2 Å². The van der Waals surface area contributed by atoms with Crippen molar-refractivity contribution in [3.63, 3.8) is 0 Å². The van der Waals surface area contributed by atoms with Crippen LogP contribution in [0.4, 0.5) is 26.0 Å². The minimum atomic E-state index is -0.906. The molecule has 8 nitrogen and oxygen atoms in total. The molecule has 0 radical (unpaired) electrons. The number of nitrogens with zero attached hydrogens (tertiary/aromatic N) is 6. The first-order chi connectivity index (χ1) is 12.5. The summed E-state index contributed by atoms with van der Waals surface area (Å²) in [6.07, 6.45) is 6.04. The largest absolute Gasteiger partial charge is 0.396 e. The fourth-order valence-electron chi connectivity index (χ4n) is 2.39. The van der Waals surface area contributed by atoms with E-state index < -0.39 is 17.3 Å². The van der Waals surface area contributed by atoms with Crippen LogP contribution >= 0.6 is 0 Å². The molecule has 10 heteroatoms. The van der Waals surface area contributed by atoms with Gasteiger partial charge in [-0.1, -0.05) is 0 Å². The van der Waals surface area contributed by atoms with E-state index in [1.165, 1.54) is 12.5 Å². The molecule has 0 aliphatic rings. The van der Waals surface area contributed by atoms with Crippen molar-refractivity contribution in [2.75, 3.05) is 11.1 Å². The Morgan fingerprint density at radius 2 is 1.96 bits per heavy atom. The van der Waals surface area contributed by atoms with Crippen LogP contribution in [0, 0.1) is 18.6 Å². The summed E-state index contributed by atoms with van der Waals surface area (Å²) < 4.78 is 29.8. The van der Waals surface area contributed by atoms with Gasteiger partial charge in [-0.3, -0.25) is 4.57 Å². The highest BCUT2D eigenvalue weighted by molar-refractivity contribution is 5.87. The molecule has 1 aromatic carbocycles. The second-order valence-electron chi connectivity index (χ2n) is 5.50. The molecule has 0 aliphatic carbocycles. The monoisotopic (exact) mass is 354 g/mol. The molecule has 0 saturated carbocycles. The molecule has 0 amide bonds. The first-order valence-electron chi connectivity index (χ1n) is 7.52. The fourth-order valence-corrected chi connectivity index (χ4v) is 2.39. The molecule has 130 valence electrons. The fraction of sp³-hybridized carbons (Fsp3) is 0.0625. The molecule has 26 heavy (non-hydrogen) atoms. The molecule has 4 aromatic rings. The van der Waals surface area contributed by atoms with E-state index in [1.807, 2.05) is 6.92 Å². The Morgan fingerprint density at radius 3 is 2.73 bits per heavy atom. The summed E-state index contributed by atoms with van der Waals surface area (Å²) in [6.45, 7) is 1.83. The second-order valence-corrected chi connectivity index (χ2v) is 5.50. The van der Waals surface area contributed by atoms with Crippen molar-refractivity contribution in [3.05, 3.63) is 54.5 Å². The van der Waals surface area contributed by atoms with Crippen LogP contribution in [0.2, 0.25) is 0 Å². The molecule has 0 unspecified atom stereocenters. The van der Waals surface area contributed by atoms with E-state index in [0.717, 1.165) is 17.8 Å². The van der Waals surface area contributed by atoms with Crippen LogP contribution in [-0.4, -0.2) is 29.5 Å². The van der Waals surface area contributed by atoms with Crippen molar-refractivity contribution in [1.29, 1.82) is 0 Å². The SMILES string of the molecule is Cc1cn(-c2ncc3ncnc(Nc4c(F)ccc(N)c4F)c3n2)cn1. The Kier molecular flexibility index (Phi) is 3.64. The third-order valence-electron chi connectivity index (χ3n) is 3.67. The Morgan fingerprint density at radius 1 is 1.12 bits per heavy atom. The van der Waals surface area contributed by atoms with Gasteiger partial charge < -0.3 is 11.1 Å². The van der Waals surface area contributed by atoms with Crippen LogP contribution in [0.25, 0.3) is 17.0 Å². The van der Waals surface area contributed by atoms with E-state index >= 15 is 0 Å². The summed E-state index contributed by atoms with van der Waals surface area (Å²) >= 11 is 0. The lowest BCUT2D eigenvalue weighted by atomic mass is 10.2. The number of hydrogen-bond donors (Lipinski definition) is 2. The number of rotatable bonds is 3. The molecule has 0 aliphatic heterocycles. The van der Waals surface area contributed by atoms with Gasteiger partial charge in [0.15, 0.2) is 11.6 Å². The number of anilines is 3. The average Bonchev–Trinajstić information content (AvgIpc) is 3.08. The van der Waals surface area contributed by atoms with Crippen LogP contribution in [0.5, 0.6) is 0 Å². The molecular weight excluding hydrogens is 342 g/mol. The number of imidazole rings is 1. The number of halogens is 2. The zero-order valence-electron chi connectivity index (χ0n) is 13.5. The molecule has 3 heterocycles. The standard InChI is InChI=1S/C16H12F2N8/c1-8-5-26(7-23-8)16-20-4-11-14(25-16)15(22-6-21-11)24-13-9(17)2-3-10(19)12(13)18/h2-7H,19H2,1H3,(H,21,22,24). The molecule has 3 N–H and O–H groups in total. The third kappa shape index (κ3) is 2.66. The van der Waals surface area contributed by atoms with Crippen LogP contribution in [0.1, 0.15) is 5.69 Å². The van der Waals surface area contributed by atoms with Gasteiger partial charge >= 0.3 is 0 Å². The van der Waals surface area contributed by atoms with Crippen molar-refractivity contribution in [2.45, 2.75) is 6.92 Å². The van der Waals surface area contributed by atoms with Crippen molar-refractivity contribution in [1.82, 2.24) is 29.5 Å². The summed E-state index contributed by atoms with van der Waals surface area (Å²) in [4.78, 5) is 20.8. The van der Waals surface area contributed by atoms with Gasteiger partial charge in [-0.05, 0) is 19.1 Å². The summed E-state index contributed by atoms with van der Waals surface area (Å²) in [6, 6.07) is 2.22. The lowest BCUT2D eigenvalue weighted by Gasteiger charge is -2.11. The number of aromatic nitrogens is 6. The van der Waals surface area contributed by atoms with Gasteiger partial charge in [-0.15, -0.1) is 0 Å². The maximum atomic E-state index is 14.2. The van der Waals surface area contributed by atoms with Gasteiger partial charge in [0, 0.05) is 6.20 Å². The van der Waals surface area contributed by atoms with E-state index in [-0.39, 0.29) is 11.5 Å². The predicted octanol–water partition coefficient (Wildman–Crippen LogP) is 2.52. The highest BCUT2D eigenvalue weighted by atomic mass is 19.1. The van der Waals surface area contributed by atoms with E-state index in [2.05, 4.69) is 30.2 Å². The lowest BCUT2D eigenvalue weighted by Crippen LogP contribution is -2.06. The maximum Gasteiger partial charge on any atom is 0.235 e. The average molecular weight is 354 g/mol. The number of aryl methyl sites for hydroxylation is 1. The van der Waals surface area contributed by atoms with Crippen molar-refractivity contribution >= 4 is 28.2 Å². The van der Waals surface area contributed by atoms with Gasteiger partial charge in [-0.2, -0.15) is 0 Å². The Hall–Kier alpha value is -3.69. The lowest BCUT2D eigenvalue weighted by molar-refractivity contribution is 0.593. The quantitative estimate of drug-likeness (QED) is 0.544. The molecule has 0 atom stereocenters. The summed E-state index contributed by atoms with van der Waals surface area (Å²) in [5.41, 5.74) is 6.41. The number of hydrogen-bond acceptors (Lipinski definition) is 7. The molecule has 0 bridgehead atoms. The third-order valence-corrected chi connectivity index (χ3v) is 3.67. The highest BCUT2D eigenvalue weighted by Gasteiger charge is 2.16. The Balaban J connectivity index is 1.84. The minimum Gasteiger partial charge on any atom is -0.396 e. The van der Waals surface area contributed by atoms with Gasteiger partial charge in [0.2, 0.25) is 5.95 Å². The summed E-state index contributed by atoms with van der Waals surface area (Å²) in [5, 5.41) is 2.61. The number of fused-ring (bicyclic) bond motifs is 1. The molecule has 0 fully saturated rings. The van der Waals surface area contributed by atoms with Crippen molar-refractivity contribution in [3.8, 4) is 5.95 Å². The molecule has 4 rings (SSSR count). The highest BCUT2D eigenvalue weighted by Crippen LogP contribution is 2.28. The number of nitrogens with two attached hydrogens (primary N) is 1. The smallest absolute Gasteiger partial charge is 0.235 e. The van der Waals surface area contributed by atoms with Gasteiger partial charge in [0.1, 0.15) is 35.2 Å². The molecule has 0 spiro atoms. The molecule has 3 aromatic heterocycles. The van der Waals surface area contributed by atoms with Crippen LogP contribution in [-0.2, 0) is 0 Å². The number of nitrogens with one attached hydrogen (secondary N) is 1. The maximum absolute atomic E-state index is 14.2. The first kappa shape index (κ1) is 15.8. The zero-order chi connectivity index (χ0) is 18.3. The van der Waals surface area contributed by atoms with Crippen LogP contribution in [0.3, 0.4) is 0 Å². The van der Waals surface area contributed by atoms with Gasteiger partial charge in [0.25, 0.3) is 0 Å². The van der Waals surface area contributed by atoms with Crippen molar-refractivity contribution in [2.24, 2.45) is 0 Å². The van der Waals surface area contributed by atoms with E-state index in [9.17, 15) is 8.78 Å².